The average Bonchev–Trinajstić information content (AvgIpc) is 2.28. The smallest absolute Gasteiger partial charge is 0.226 e. The highest BCUT2D eigenvalue weighted by Crippen LogP contribution is 2.22. The first-order valence-corrected chi connectivity index (χ1v) is 10.4. The van der Waals surface area contributed by atoms with Crippen molar-refractivity contribution in [3.8, 4) is 0 Å². The number of carbonyl (C=O) groups is 1. The Hall–Kier alpha value is -0.573. The molecule has 0 aliphatic carbocycles. The standard InChI is InChI=1S/C14H27NOSi/c1-13(17(2,3)4)9-8-10-14(16)15-11-6-5-7-12-15/h8-9,13H,5-7,10-12H2,1-4H3. The van der Waals surface area contributed by atoms with Crippen LogP contribution in [0.2, 0.25) is 25.2 Å². The third kappa shape index (κ3) is 5.07. The number of hydrogen-bond acceptors (Lipinski definition) is 1. The van der Waals surface area contributed by atoms with Crippen molar-refractivity contribution in [1.82, 2.24) is 4.90 Å². The third-order valence-electron chi connectivity index (χ3n) is 3.79. The number of likely N-dealkylation sites (tertiary alicyclic amines) is 1. The Labute approximate surface area is 107 Å². The molecule has 98 valence electrons. The quantitative estimate of drug-likeness (QED) is 0.553. The van der Waals surface area contributed by atoms with Crippen LogP contribution in [-0.2, 0) is 4.79 Å². The van der Waals surface area contributed by atoms with Crippen LogP contribution in [0.3, 0.4) is 0 Å². The highest BCUT2D eigenvalue weighted by molar-refractivity contribution is 6.77. The van der Waals surface area contributed by atoms with Gasteiger partial charge in [0.1, 0.15) is 0 Å². The molecule has 1 aliphatic rings. The number of allylic oxidation sites excluding steroid dienone is 1. The van der Waals surface area contributed by atoms with E-state index in [2.05, 4.69) is 38.7 Å². The molecule has 0 aromatic heterocycles. The number of rotatable bonds is 4. The largest absolute Gasteiger partial charge is 0.342 e. The minimum absolute atomic E-state index is 0.309. The Bertz CT molecular complexity index is 274. The molecule has 1 rings (SSSR count). The molecule has 1 unspecified atom stereocenters. The van der Waals surface area contributed by atoms with Gasteiger partial charge in [0.2, 0.25) is 5.91 Å². The van der Waals surface area contributed by atoms with E-state index in [-0.39, 0.29) is 0 Å². The van der Waals surface area contributed by atoms with E-state index in [1.54, 1.807) is 0 Å². The summed E-state index contributed by atoms with van der Waals surface area (Å²) in [5.41, 5.74) is 0.650. The summed E-state index contributed by atoms with van der Waals surface area (Å²) in [6.07, 6.45) is 8.57. The van der Waals surface area contributed by atoms with Gasteiger partial charge < -0.3 is 4.90 Å². The van der Waals surface area contributed by atoms with Crippen molar-refractivity contribution in [3.05, 3.63) is 12.2 Å². The topological polar surface area (TPSA) is 20.3 Å². The first-order chi connectivity index (χ1) is 7.91. The fraction of sp³-hybridized carbons (Fsp3) is 0.786. The van der Waals surface area contributed by atoms with Gasteiger partial charge >= 0.3 is 0 Å². The first kappa shape index (κ1) is 14.5. The highest BCUT2D eigenvalue weighted by Gasteiger charge is 2.20. The van der Waals surface area contributed by atoms with Gasteiger partial charge in [-0.2, -0.15) is 0 Å². The van der Waals surface area contributed by atoms with E-state index in [0.717, 1.165) is 13.1 Å². The summed E-state index contributed by atoms with van der Waals surface area (Å²) in [5, 5.41) is 0. The zero-order valence-corrected chi connectivity index (χ0v) is 12.8. The molecule has 1 heterocycles. The molecule has 0 spiro atoms. The van der Waals surface area contributed by atoms with Crippen LogP contribution < -0.4 is 0 Å². The third-order valence-corrected chi connectivity index (χ3v) is 6.72. The van der Waals surface area contributed by atoms with Gasteiger partial charge in [0, 0.05) is 19.5 Å². The molecule has 1 saturated heterocycles. The molecule has 0 bridgehead atoms. The summed E-state index contributed by atoms with van der Waals surface area (Å²) >= 11 is 0. The van der Waals surface area contributed by atoms with Crippen molar-refractivity contribution in [1.29, 1.82) is 0 Å². The van der Waals surface area contributed by atoms with E-state index in [0.29, 0.717) is 17.9 Å². The minimum Gasteiger partial charge on any atom is -0.342 e. The Kier molecular flexibility index (Phi) is 5.44. The lowest BCUT2D eigenvalue weighted by atomic mass is 10.1. The predicted molar refractivity (Wildman–Crippen MR) is 77.0 cm³/mol. The van der Waals surface area contributed by atoms with Gasteiger partial charge in [-0.1, -0.05) is 38.7 Å². The second-order valence-electron chi connectivity index (χ2n) is 6.23. The molecule has 1 aliphatic heterocycles. The number of hydrogen-bond donors (Lipinski definition) is 0. The van der Waals surface area contributed by atoms with E-state index in [4.69, 9.17) is 0 Å². The van der Waals surface area contributed by atoms with E-state index >= 15 is 0 Å². The van der Waals surface area contributed by atoms with Crippen LogP contribution in [0.4, 0.5) is 0 Å². The fourth-order valence-corrected chi connectivity index (χ4v) is 2.65. The molecule has 3 heteroatoms. The van der Waals surface area contributed by atoms with Crippen LogP contribution >= 0.6 is 0 Å². The van der Waals surface area contributed by atoms with Gasteiger partial charge in [0.15, 0.2) is 0 Å². The molecule has 17 heavy (non-hydrogen) atoms. The molecule has 2 nitrogen and oxygen atoms in total. The summed E-state index contributed by atoms with van der Waals surface area (Å²) in [5.74, 6) is 0.309. The summed E-state index contributed by atoms with van der Waals surface area (Å²) in [6.45, 7) is 11.3. The van der Waals surface area contributed by atoms with Crippen LogP contribution in [-0.4, -0.2) is 32.0 Å². The summed E-state index contributed by atoms with van der Waals surface area (Å²) in [7, 11) is -1.08. The monoisotopic (exact) mass is 253 g/mol. The zero-order valence-electron chi connectivity index (χ0n) is 11.8. The van der Waals surface area contributed by atoms with Gasteiger partial charge in [-0.05, 0) is 24.8 Å². The molecule has 0 N–H and O–H groups in total. The summed E-state index contributed by atoms with van der Waals surface area (Å²) in [6, 6.07) is 0. The maximum atomic E-state index is 11.9. The Morgan fingerprint density at radius 2 is 1.82 bits per heavy atom. The average molecular weight is 253 g/mol. The van der Waals surface area contributed by atoms with Crippen LogP contribution in [0.25, 0.3) is 0 Å². The Morgan fingerprint density at radius 1 is 1.24 bits per heavy atom. The van der Waals surface area contributed by atoms with Crippen molar-refractivity contribution >= 4 is 14.0 Å². The van der Waals surface area contributed by atoms with Crippen LogP contribution in [0.15, 0.2) is 12.2 Å². The lowest BCUT2D eigenvalue weighted by Crippen LogP contribution is -2.35. The normalized spacial score (nSPS) is 19.6. The van der Waals surface area contributed by atoms with Crippen molar-refractivity contribution in [2.45, 2.75) is 57.8 Å². The van der Waals surface area contributed by atoms with E-state index in [9.17, 15) is 4.79 Å². The van der Waals surface area contributed by atoms with Crippen LogP contribution in [0, 0.1) is 0 Å². The molecule has 1 amide bonds. The second-order valence-corrected chi connectivity index (χ2v) is 11.9. The Morgan fingerprint density at radius 3 is 2.35 bits per heavy atom. The van der Waals surface area contributed by atoms with Crippen molar-refractivity contribution in [3.63, 3.8) is 0 Å². The molecular formula is C14H27NOSi. The highest BCUT2D eigenvalue weighted by atomic mass is 28.3. The molecule has 0 saturated carbocycles. The molecular weight excluding hydrogens is 226 g/mol. The fourth-order valence-electron chi connectivity index (χ4n) is 1.93. The number of piperidine rings is 1. The lowest BCUT2D eigenvalue weighted by molar-refractivity contribution is -0.131. The van der Waals surface area contributed by atoms with Crippen molar-refractivity contribution < 1.29 is 4.79 Å². The van der Waals surface area contributed by atoms with Crippen LogP contribution in [0.1, 0.15) is 32.6 Å². The molecule has 1 atom stereocenters. The van der Waals surface area contributed by atoms with E-state index in [1.807, 2.05) is 4.90 Å². The van der Waals surface area contributed by atoms with Gasteiger partial charge in [-0.25, -0.2) is 0 Å². The lowest BCUT2D eigenvalue weighted by Gasteiger charge is -2.26. The predicted octanol–water partition coefficient (Wildman–Crippen LogP) is 3.67. The zero-order chi connectivity index (χ0) is 12.9. The Balaban J connectivity index is 2.34. The second kappa shape index (κ2) is 6.38. The van der Waals surface area contributed by atoms with Gasteiger partial charge in [0.05, 0.1) is 8.07 Å². The van der Waals surface area contributed by atoms with Gasteiger partial charge in [0.25, 0.3) is 0 Å². The van der Waals surface area contributed by atoms with Crippen molar-refractivity contribution in [2.24, 2.45) is 0 Å². The van der Waals surface area contributed by atoms with E-state index in [1.165, 1.54) is 19.3 Å². The molecule has 1 fully saturated rings. The summed E-state index contributed by atoms with van der Waals surface area (Å²) in [4.78, 5) is 13.9. The van der Waals surface area contributed by atoms with Gasteiger partial charge in [-0.3, -0.25) is 4.79 Å². The number of carbonyl (C=O) groups excluding carboxylic acids is 1. The molecule has 0 aromatic carbocycles. The van der Waals surface area contributed by atoms with Crippen molar-refractivity contribution in [2.75, 3.05) is 13.1 Å². The molecule has 0 aromatic rings. The van der Waals surface area contributed by atoms with Crippen LogP contribution in [0.5, 0.6) is 0 Å². The first-order valence-electron chi connectivity index (χ1n) is 6.85. The molecule has 0 radical (unpaired) electrons. The SMILES string of the molecule is CC(C=CCC(=O)N1CCCCC1)[Si](C)(C)C. The minimum atomic E-state index is -1.08. The maximum absolute atomic E-state index is 11.9. The number of amides is 1. The van der Waals surface area contributed by atoms with E-state index < -0.39 is 8.07 Å². The maximum Gasteiger partial charge on any atom is 0.226 e. The van der Waals surface area contributed by atoms with Gasteiger partial charge in [-0.15, -0.1) is 0 Å². The summed E-state index contributed by atoms with van der Waals surface area (Å²) < 4.78 is 0. The number of nitrogens with zero attached hydrogens (tertiary/aromatic N) is 1.